The number of pyridine rings is 1. The zero-order valence-electron chi connectivity index (χ0n) is 14.3. The van der Waals surface area contributed by atoms with Gasteiger partial charge in [-0.3, -0.25) is 9.78 Å². The Hall–Kier alpha value is -2.51. The molecule has 0 unspecified atom stereocenters. The van der Waals surface area contributed by atoms with Crippen molar-refractivity contribution in [2.24, 2.45) is 0 Å². The van der Waals surface area contributed by atoms with E-state index in [0.717, 1.165) is 5.56 Å². The van der Waals surface area contributed by atoms with E-state index < -0.39 is 36.1 Å². The Morgan fingerprint density at radius 1 is 1.23 bits per heavy atom. The van der Waals surface area contributed by atoms with Crippen LogP contribution < -0.4 is 10.1 Å². The Labute approximate surface area is 150 Å². The van der Waals surface area contributed by atoms with Crippen LogP contribution in [0.15, 0.2) is 42.6 Å². The maximum atomic E-state index is 13.2. The number of nitrogens with zero attached hydrogens (tertiary/aromatic N) is 1. The number of nitrogens with one attached hydrogen (secondary N) is 1. The number of carbonyl (C=O) groups is 1. The fourth-order valence-corrected chi connectivity index (χ4v) is 3.10. The van der Waals surface area contributed by atoms with Crippen LogP contribution in [-0.2, 0) is 0 Å². The molecule has 1 saturated carbocycles. The van der Waals surface area contributed by atoms with Crippen molar-refractivity contribution >= 4 is 5.91 Å². The smallest absolute Gasteiger partial charge is 0.270 e. The molecular formula is C19H21FN2O4. The number of ether oxygens (including phenoxy) is 1. The molecule has 6 nitrogen and oxygen atoms in total. The quantitative estimate of drug-likeness (QED) is 0.770. The highest BCUT2D eigenvalue weighted by Gasteiger charge is 2.39. The molecule has 3 rings (SSSR count). The van der Waals surface area contributed by atoms with E-state index >= 15 is 0 Å². The highest BCUT2D eigenvalue weighted by atomic mass is 19.1. The lowest BCUT2D eigenvalue weighted by molar-refractivity contribution is -0.0875. The molecule has 26 heavy (non-hydrogen) atoms. The molecule has 1 aliphatic rings. The van der Waals surface area contributed by atoms with E-state index in [4.69, 9.17) is 4.74 Å². The minimum Gasteiger partial charge on any atom is -0.488 e. The van der Waals surface area contributed by atoms with E-state index in [1.165, 1.54) is 24.4 Å². The van der Waals surface area contributed by atoms with Crippen molar-refractivity contribution in [3.63, 3.8) is 0 Å². The molecule has 2 aromatic rings. The summed E-state index contributed by atoms with van der Waals surface area (Å²) in [6.07, 6.45) is -0.748. The third-order valence-corrected chi connectivity index (χ3v) is 4.53. The summed E-state index contributed by atoms with van der Waals surface area (Å²) in [5.74, 6) is -0.555. The predicted octanol–water partition coefficient (Wildman–Crippen LogP) is 1.59. The van der Waals surface area contributed by atoms with E-state index in [1.54, 1.807) is 25.1 Å². The third-order valence-electron chi connectivity index (χ3n) is 4.53. The summed E-state index contributed by atoms with van der Waals surface area (Å²) < 4.78 is 18.9. The number of aliphatic hydroxyl groups excluding tert-OH is 2. The van der Waals surface area contributed by atoms with E-state index in [2.05, 4.69) is 10.3 Å². The van der Waals surface area contributed by atoms with Crippen molar-refractivity contribution in [3.05, 3.63) is 59.7 Å². The molecule has 1 aromatic carbocycles. The second-order valence-electron chi connectivity index (χ2n) is 6.42. The van der Waals surface area contributed by atoms with Crippen LogP contribution >= 0.6 is 0 Å². The number of aromatic nitrogens is 1. The van der Waals surface area contributed by atoms with E-state index in [1.807, 2.05) is 0 Å². The Morgan fingerprint density at radius 3 is 2.77 bits per heavy atom. The van der Waals surface area contributed by atoms with Crippen molar-refractivity contribution in [1.29, 1.82) is 0 Å². The Kier molecular flexibility index (Phi) is 5.49. The van der Waals surface area contributed by atoms with Gasteiger partial charge in [0.2, 0.25) is 0 Å². The van der Waals surface area contributed by atoms with E-state index in [-0.39, 0.29) is 11.4 Å². The zero-order valence-corrected chi connectivity index (χ0v) is 14.3. The molecule has 1 heterocycles. The summed E-state index contributed by atoms with van der Waals surface area (Å²) in [5, 5.41) is 23.4. The van der Waals surface area contributed by atoms with Gasteiger partial charge in [-0.15, -0.1) is 0 Å². The summed E-state index contributed by atoms with van der Waals surface area (Å²) in [6.45, 7) is 1.77. The van der Waals surface area contributed by atoms with Crippen LogP contribution in [-0.4, -0.2) is 45.5 Å². The number of rotatable bonds is 4. The molecule has 1 fully saturated rings. The molecule has 7 heteroatoms. The maximum absolute atomic E-state index is 13.2. The van der Waals surface area contributed by atoms with Crippen LogP contribution in [0.5, 0.6) is 5.75 Å². The molecule has 0 radical (unpaired) electrons. The number of benzene rings is 1. The normalized spacial score (nSPS) is 25.5. The van der Waals surface area contributed by atoms with Crippen LogP contribution in [0.25, 0.3) is 0 Å². The number of halogens is 1. The molecule has 0 aliphatic heterocycles. The summed E-state index contributed by atoms with van der Waals surface area (Å²) in [6, 6.07) is 8.50. The summed E-state index contributed by atoms with van der Waals surface area (Å²) in [7, 11) is 0. The lowest BCUT2D eigenvalue weighted by atomic mass is 9.87. The van der Waals surface area contributed by atoms with Gasteiger partial charge >= 0.3 is 0 Å². The topological polar surface area (TPSA) is 91.7 Å². The first-order valence-corrected chi connectivity index (χ1v) is 8.46. The van der Waals surface area contributed by atoms with Crippen LogP contribution in [0.4, 0.5) is 4.39 Å². The minimum atomic E-state index is -1.21. The largest absolute Gasteiger partial charge is 0.488 e. The molecule has 3 N–H and O–H groups in total. The van der Waals surface area contributed by atoms with Crippen molar-refractivity contribution in [1.82, 2.24) is 10.3 Å². The molecule has 4 atom stereocenters. The first-order chi connectivity index (χ1) is 12.5. The fourth-order valence-electron chi connectivity index (χ4n) is 3.10. The van der Waals surface area contributed by atoms with Gasteiger partial charge in [0.05, 0.1) is 6.04 Å². The van der Waals surface area contributed by atoms with Gasteiger partial charge in [-0.1, -0.05) is 12.1 Å². The monoisotopic (exact) mass is 360 g/mol. The molecule has 0 saturated heterocycles. The summed E-state index contributed by atoms with van der Waals surface area (Å²) >= 11 is 0. The van der Waals surface area contributed by atoms with Crippen molar-refractivity contribution < 1.29 is 24.1 Å². The van der Waals surface area contributed by atoms with Crippen molar-refractivity contribution in [2.45, 2.75) is 44.1 Å². The number of amides is 1. The zero-order chi connectivity index (χ0) is 18.7. The van der Waals surface area contributed by atoms with Gasteiger partial charge in [0.15, 0.2) is 0 Å². The number of aliphatic hydroxyl groups is 2. The SMILES string of the molecule is Cc1cccnc1C(=O)N[C@@H]1CC[C@@H](Oc2cccc(F)c2)[C@@H](O)[C@@H]1O. The predicted molar refractivity (Wildman–Crippen MR) is 92.3 cm³/mol. The van der Waals surface area contributed by atoms with Crippen molar-refractivity contribution in [3.8, 4) is 5.75 Å². The number of hydrogen-bond acceptors (Lipinski definition) is 5. The van der Waals surface area contributed by atoms with Crippen LogP contribution in [0.3, 0.4) is 0 Å². The van der Waals surface area contributed by atoms with Gasteiger partial charge in [0.25, 0.3) is 5.91 Å². The van der Waals surface area contributed by atoms with Gasteiger partial charge in [0, 0.05) is 12.3 Å². The van der Waals surface area contributed by atoms with Gasteiger partial charge in [0.1, 0.15) is 35.6 Å². The van der Waals surface area contributed by atoms with Gasteiger partial charge < -0.3 is 20.3 Å². The van der Waals surface area contributed by atoms with Gasteiger partial charge in [-0.05, 0) is 43.5 Å². The van der Waals surface area contributed by atoms with Crippen molar-refractivity contribution in [2.75, 3.05) is 0 Å². The average Bonchev–Trinajstić information content (AvgIpc) is 2.62. The number of aryl methyl sites for hydroxylation is 1. The highest BCUT2D eigenvalue weighted by Crippen LogP contribution is 2.25. The van der Waals surface area contributed by atoms with Gasteiger partial charge in [-0.25, -0.2) is 4.39 Å². The van der Waals surface area contributed by atoms with Crippen LogP contribution in [0, 0.1) is 12.7 Å². The summed E-state index contributed by atoms with van der Waals surface area (Å²) in [4.78, 5) is 16.4. The minimum absolute atomic E-state index is 0.285. The highest BCUT2D eigenvalue weighted by molar-refractivity contribution is 5.93. The molecule has 138 valence electrons. The third kappa shape index (κ3) is 4.00. The fraction of sp³-hybridized carbons (Fsp3) is 0.368. The number of carbonyl (C=O) groups excluding carboxylic acids is 1. The molecule has 1 aliphatic carbocycles. The second-order valence-corrected chi connectivity index (χ2v) is 6.42. The molecular weight excluding hydrogens is 339 g/mol. The second kappa shape index (κ2) is 7.80. The molecule has 1 amide bonds. The first kappa shape index (κ1) is 18.3. The first-order valence-electron chi connectivity index (χ1n) is 8.46. The Balaban J connectivity index is 1.63. The molecule has 0 spiro atoms. The number of hydrogen-bond donors (Lipinski definition) is 3. The lowest BCUT2D eigenvalue weighted by Crippen LogP contribution is -2.57. The standard InChI is InChI=1S/C19H21FN2O4/c1-11-4-3-9-21-16(11)19(25)22-14-7-8-15(18(24)17(14)23)26-13-6-2-5-12(20)10-13/h2-6,9-10,14-15,17-18,23-24H,7-8H2,1H3,(H,22,25)/t14-,15-,17-,18-/m1/s1. The molecule has 0 bridgehead atoms. The lowest BCUT2D eigenvalue weighted by Gasteiger charge is -2.37. The maximum Gasteiger partial charge on any atom is 0.270 e. The van der Waals surface area contributed by atoms with Crippen LogP contribution in [0.2, 0.25) is 0 Å². The Bertz CT molecular complexity index is 786. The van der Waals surface area contributed by atoms with E-state index in [0.29, 0.717) is 12.8 Å². The molecule has 1 aromatic heterocycles. The van der Waals surface area contributed by atoms with E-state index in [9.17, 15) is 19.4 Å². The Morgan fingerprint density at radius 2 is 2.04 bits per heavy atom. The van der Waals surface area contributed by atoms with Gasteiger partial charge in [-0.2, -0.15) is 0 Å². The average molecular weight is 360 g/mol. The summed E-state index contributed by atoms with van der Waals surface area (Å²) in [5.41, 5.74) is 1.01. The van der Waals surface area contributed by atoms with Crippen LogP contribution in [0.1, 0.15) is 28.9 Å².